The van der Waals surface area contributed by atoms with Gasteiger partial charge in [0.25, 0.3) is 0 Å². The van der Waals surface area contributed by atoms with E-state index in [1.807, 2.05) is 24.3 Å². The maximum absolute atomic E-state index is 10.0. The lowest BCUT2D eigenvalue weighted by molar-refractivity contribution is 0.168. The Morgan fingerprint density at radius 2 is 1.88 bits per heavy atom. The van der Waals surface area contributed by atoms with Gasteiger partial charge in [-0.05, 0) is 24.5 Å². The standard InChI is InChI=1S/C14H16N2O/c15-14-12(7-4-10-16-14)13(17)9-8-11-5-2-1-3-6-11/h1-7,10,13,17H,8-9H2,(H2,15,16). The summed E-state index contributed by atoms with van der Waals surface area (Å²) in [5, 5.41) is 10.0. The fraction of sp³-hybridized carbons (Fsp3) is 0.214. The van der Waals surface area contributed by atoms with E-state index < -0.39 is 6.10 Å². The van der Waals surface area contributed by atoms with E-state index >= 15 is 0 Å². The molecule has 1 heterocycles. The number of nitrogens with two attached hydrogens (primary N) is 1. The van der Waals surface area contributed by atoms with Crippen LogP contribution in [0.2, 0.25) is 0 Å². The van der Waals surface area contributed by atoms with E-state index in [0.717, 1.165) is 6.42 Å². The van der Waals surface area contributed by atoms with Crippen molar-refractivity contribution >= 4 is 5.82 Å². The predicted octanol–water partition coefficient (Wildman–Crippen LogP) is 2.33. The van der Waals surface area contributed by atoms with Gasteiger partial charge in [0.2, 0.25) is 0 Å². The zero-order chi connectivity index (χ0) is 12.1. The largest absolute Gasteiger partial charge is 0.388 e. The molecule has 3 N–H and O–H groups in total. The van der Waals surface area contributed by atoms with Gasteiger partial charge in [-0.1, -0.05) is 36.4 Å². The summed E-state index contributed by atoms with van der Waals surface area (Å²) in [7, 11) is 0. The van der Waals surface area contributed by atoms with Gasteiger partial charge in [0, 0.05) is 11.8 Å². The van der Waals surface area contributed by atoms with Gasteiger partial charge in [0.15, 0.2) is 0 Å². The minimum absolute atomic E-state index is 0.410. The highest BCUT2D eigenvalue weighted by atomic mass is 16.3. The number of nitrogen functional groups attached to an aromatic ring is 1. The van der Waals surface area contributed by atoms with Gasteiger partial charge < -0.3 is 10.8 Å². The lowest BCUT2D eigenvalue weighted by atomic mass is 10.0. The number of pyridine rings is 1. The Morgan fingerprint density at radius 3 is 2.59 bits per heavy atom. The normalized spacial score (nSPS) is 12.3. The van der Waals surface area contributed by atoms with E-state index in [1.165, 1.54) is 5.56 Å². The maximum atomic E-state index is 10.0. The Labute approximate surface area is 101 Å². The van der Waals surface area contributed by atoms with Gasteiger partial charge in [0.05, 0.1) is 6.10 Å². The van der Waals surface area contributed by atoms with Crippen LogP contribution in [0.25, 0.3) is 0 Å². The van der Waals surface area contributed by atoms with Crippen molar-refractivity contribution in [1.29, 1.82) is 0 Å². The summed E-state index contributed by atoms with van der Waals surface area (Å²) in [5.74, 6) is 0.410. The van der Waals surface area contributed by atoms with E-state index in [4.69, 9.17) is 5.73 Å². The highest BCUT2D eigenvalue weighted by molar-refractivity contribution is 5.40. The van der Waals surface area contributed by atoms with Gasteiger partial charge in [-0.25, -0.2) is 4.98 Å². The van der Waals surface area contributed by atoms with Crippen LogP contribution in [-0.2, 0) is 6.42 Å². The van der Waals surface area contributed by atoms with E-state index in [9.17, 15) is 5.11 Å². The molecule has 0 saturated carbocycles. The first-order valence-electron chi connectivity index (χ1n) is 5.70. The van der Waals surface area contributed by atoms with Crippen LogP contribution < -0.4 is 5.73 Å². The van der Waals surface area contributed by atoms with Crippen molar-refractivity contribution in [3.63, 3.8) is 0 Å². The van der Waals surface area contributed by atoms with Crippen molar-refractivity contribution in [1.82, 2.24) is 4.98 Å². The molecule has 0 fully saturated rings. The van der Waals surface area contributed by atoms with Crippen LogP contribution in [-0.4, -0.2) is 10.1 Å². The van der Waals surface area contributed by atoms with Crippen LogP contribution in [0, 0.1) is 0 Å². The fourth-order valence-electron chi connectivity index (χ4n) is 1.82. The number of rotatable bonds is 4. The second kappa shape index (κ2) is 5.46. The molecule has 0 aliphatic heterocycles. The van der Waals surface area contributed by atoms with Crippen molar-refractivity contribution in [3.8, 4) is 0 Å². The first-order chi connectivity index (χ1) is 8.27. The second-order valence-corrected chi connectivity index (χ2v) is 4.02. The van der Waals surface area contributed by atoms with Crippen molar-refractivity contribution in [2.45, 2.75) is 18.9 Å². The predicted molar refractivity (Wildman–Crippen MR) is 68.4 cm³/mol. The number of aromatic nitrogens is 1. The third kappa shape index (κ3) is 3.04. The fourth-order valence-corrected chi connectivity index (χ4v) is 1.82. The second-order valence-electron chi connectivity index (χ2n) is 4.02. The van der Waals surface area contributed by atoms with Crippen LogP contribution in [0.4, 0.5) is 5.82 Å². The number of benzene rings is 1. The van der Waals surface area contributed by atoms with Gasteiger partial charge in [0.1, 0.15) is 5.82 Å². The first-order valence-corrected chi connectivity index (χ1v) is 5.70. The molecule has 0 aliphatic carbocycles. The summed E-state index contributed by atoms with van der Waals surface area (Å²) in [6.45, 7) is 0. The molecule has 0 spiro atoms. The number of anilines is 1. The third-order valence-electron chi connectivity index (χ3n) is 2.78. The lowest BCUT2D eigenvalue weighted by Crippen LogP contribution is -2.04. The van der Waals surface area contributed by atoms with E-state index in [1.54, 1.807) is 12.3 Å². The molecule has 2 rings (SSSR count). The third-order valence-corrected chi connectivity index (χ3v) is 2.78. The van der Waals surface area contributed by atoms with Crippen molar-refractivity contribution in [3.05, 3.63) is 59.8 Å². The van der Waals surface area contributed by atoms with Crippen LogP contribution in [0.1, 0.15) is 23.7 Å². The molecule has 0 radical (unpaired) electrons. The Bertz CT molecular complexity index is 471. The zero-order valence-corrected chi connectivity index (χ0v) is 9.58. The molecule has 88 valence electrons. The SMILES string of the molecule is Nc1ncccc1C(O)CCc1ccccc1. The average molecular weight is 228 g/mol. The molecule has 1 aromatic heterocycles. The molecule has 0 amide bonds. The summed E-state index contributed by atoms with van der Waals surface area (Å²) in [4.78, 5) is 3.97. The molecule has 1 unspecified atom stereocenters. The molecule has 17 heavy (non-hydrogen) atoms. The van der Waals surface area contributed by atoms with E-state index in [2.05, 4.69) is 17.1 Å². The molecule has 0 saturated heterocycles. The molecule has 0 bridgehead atoms. The minimum Gasteiger partial charge on any atom is -0.388 e. The van der Waals surface area contributed by atoms with Gasteiger partial charge in [-0.15, -0.1) is 0 Å². The summed E-state index contributed by atoms with van der Waals surface area (Å²) in [6, 6.07) is 13.7. The Balaban J connectivity index is 1.99. The highest BCUT2D eigenvalue weighted by Crippen LogP contribution is 2.22. The molecule has 2 aromatic rings. The monoisotopic (exact) mass is 228 g/mol. The Kier molecular flexibility index (Phi) is 3.73. The average Bonchev–Trinajstić information content (AvgIpc) is 2.38. The maximum Gasteiger partial charge on any atom is 0.129 e. The van der Waals surface area contributed by atoms with Gasteiger partial charge >= 0.3 is 0 Å². The highest BCUT2D eigenvalue weighted by Gasteiger charge is 2.11. The van der Waals surface area contributed by atoms with Crippen LogP contribution in [0.5, 0.6) is 0 Å². The topological polar surface area (TPSA) is 59.1 Å². The zero-order valence-electron chi connectivity index (χ0n) is 9.58. The Morgan fingerprint density at radius 1 is 1.12 bits per heavy atom. The van der Waals surface area contributed by atoms with Crippen LogP contribution in [0.15, 0.2) is 48.7 Å². The quantitative estimate of drug-likeness (QED) is 0.844. The summed E-state index contributed by atoms with van der Waals surface area (Å²) in [5.41, 5.74) is 7.65. The van der Waals surface area contributed by atoms with Gasteiger partial charge in [-0.2, -0.15) is 0 Å². The van der Waals surface area contributed by atoms with E-state index in [0.29, 0.717) is 17.8 Å². The summed E-state index contributed by atoms with van der Waals surface area (Å²) in [6.07, 6.45) is 2.56. The molecule has 1 atom stereocenters. The number of nitrogens with zero attached hydrogens (tertiary/aromatic N) is 1. The number of aryl methyl sites for hydroxylation is 1. The molecular weight excluding hydrogens is 212 g/mol. The van der Waals surface area contributed by atoms with Gasteiger partial charge in [-0.3, -0.25) is 0 Å². The van der Waals surface area contributed by atoms with Crippen molar-refractivity contribution < 1.29 is 5.11 Å². The molecule has 0 aliphatic rings. The first kappa shape index (κ1) is 11.6. The van der Waals surface area contributed by atoms with Crippen LogP contribution in [0.3, 0.4) is 0 Å². The number of aliphatic hydroxyl groups is 1. The van der Waals surface area contributed by atoms with Crippen molar-refractivity contribution in [2.24, 2.45) is 0 Å². The lowest BCUT2D eigenvalue weighted by Gasteiger charge is -2.12. The molecule has 1 aromatic carbocycles. The Hall–Kier alpha value is -1.87. The summed E-state index contributed by atoms with van der Waals surface area (Å²) < 4.78 is 0. The molecule has 3 nitrogen and oxygen atoms in total. The van der Waals surface area contributed by atoms with Crippen LogP contribution >= 0.6 is 0 Å². The molecular formula is C14H16N2O. The smallest absolute Gasteiger partial charge is 0.129 e. The van der Waals surface area contributed by atoms with Crippen molar-refractivity contribution in [2.75, 3.05) is 5.73 Å². The molecule has 3 heteroatoms. The van der Waals surface area contributed by atoms with E-state index in [-0.39, 0.29) is 0 Å². The number of aliphatic hydroxyl groups excluding tert-OH is 1. The number of hydrogen-bond acceptors (Lipinski definition) is 3. The summed E-state index contributed by atoms with van der Waals surface area (Å²) >= 11 is 0. The number of hydrogen-bond donors (Lipinski definition) is 2. The minimum atomic E-state index is -0.552.